The second-order valence-electron chi connectivity index (χ2n) is 6.23. The smallest absolute Gasteiger partial charge is 0.337 e. The Balaban J connectivity index is 1.79. The average molecular weight is 363 g/mol. The van der Waals surface area contributed by atoms with Crippen LogP contribution >= 0.6 is 0 Å². The van der Waals surface area contributed by atoms with Crippen LogP contribution in [0, 0.1) is 6.92 Å². The highest BCUT2D eigenvalue weighted by molar-refractivity contribution is 5.95. The lowest BCUT2D eigenvalue weighted by Gasteiger charge is -2.24. The van der Waals surface area contributed by atoms with Crippen molar-refractivity contribution in [3.05, 3.63) is 65.1 Å². The second-order valence-corrected chi connectivity index (χ2v) is 6.23. The van der Waals surface area contributed by atoms with E-state index in [1.54, 1.807) is 35.3 Å². The molecule has 0 radical (unpaired) electrons. The van der Waals surface area contributed by atoms with E-state index in [2.05, 4.69) is 20.4 Å². The fourth-order valence-corrected chi connectivity index (χ4v) is 3.35. The lowest BCUT2D eigenvalue weighted by atomic mass is 9.85. The number of hydrogen-bond donors (Lipinski definition) is 1. The quantitative estimate of drug-likeness (QED) is 0.717. The van der Waals surface area contributed by atoms with E-state index in [9.17, 15) is 9.59 Å². The van der Waals surface area contributed by atoms with Gasteiger partial charge in [0.15, 0.2) is 0 Å². The number of carbonyl (C=O) groups is 2. The Hall–Kier alpha value is -3.55. The number of amides is 1. The number of benzene rings is 1. The van der Waals surface area contributed by atoms with Gasteiger partial charge in [0.25, 0.3) is 5.95 Å². The molecule has 8 nitrogen and oxygen atoms in total. The summed E-state index contributed by atoms with van der Waals surface area (Å²) in [5, 5.41) is 7.43. The van der Waals surface area contributed by atoms with Gasteiger partial charge in [0.05, 0.1) is 18.4 Å². The number of aromatic nitrogens is 4. The Bertz CT molecular complexity index is 1010. The molecule has 4 rings (SSSR count). The van der Waals surface area contributed by atoms with Crippen LogP contribution in [0.4, 0.5) is 5.82 Å². The number of carbonyl (C=O) groups excluding carboxylic acids is 2. The summed E-state index contributed by atoms with van der Waals surface area (Å²) in [7, 11) is 1.34. The minimum absolute atomic E-state index is 0.110. The first-order chi connectivity index (χ1) is 13.1. The number of methoxy groups -OCH3 is 1. The molecule has 0 spiro atoms. The van der Waals surface area contributed by atoms with Gasteiger partial charge in [-0.25, -0.2) is 14.8 Å². The van der Waals surface area contributed by atoms with E-state index < -0.39 is 5.97 Å². The van der Waals surface area contributed by atoms with Crippen molar-refractivity contribution in [1.29, 1.82) is 0 Å². The molecule has 3 heterocycles. The SMILES string of the molecule is COC(=O)c1ccc(C2CC(=O)Nc3c2c(C)nn3-c2ncccn2)cc1. The van der Waals surface area contributed by atoms with E-state index in [-0.39, 0.29) is 11.8 Å². The van der Waals surface area contributed by atoms with Crippen molar-refractivity contribution in [3.8, 4) is 5.95 Å². The van der Waals surface area contributed by atoms with Crippen LogP contribution in [0.5, 0.6) is 0 Å². The predicted molar refractivity (Wildman–Crippen MR) is 96.8 cm³/mol. The number of esters is 1. The number of anilines is 1. The third kappa shape index (κ3) is 2.95. The molecule has 2 aromatic heterocycles. The fourth-order valence-electron chi connectivity index (χ4n) is 3.35. The molecule has 1 unspecified atom stereocenters. The maximum atomic E-state index is 12.4. The zero-order chi connectivity index (χ0) is 19.0. The molecular weight excluding hydrogens is 346 g/mol. The van der Waals surface area contributed by atoms with E-state index in [0.717, 1.165) is 16.8 Å². The van der Waals surface area contributed by atoms with Crippen molar-refractivity contribution in [2.75, 3.05) is 12.4 Å². The van der Waals surface area contributed by atoms with Gasteiger partial charge in [-0.2, -0.15) is 9.78 Å². The van der Waals surface area contributed by atoms with Gasteiger partial charge in [0.2, 0.25) is 5.91 Å². The second kappa shape index (κ2) is 6.64. The van der Waals surface area contributed by atoms with Gasteiger partial charge in [-0.15, -0.1) is 0 Å². The number of nitrogens with one attached hydrogen (secondary N) is 1. The summed E-state index contributed by atoms with van der Waals surface area (Å²) < 4.78 is 6.29. The van der Waals surface area contributed by atoms with Gasteiger partial charge >= 0.3 is 5.97 Å². The van der Waals surface area contributed by atoms with Crippen LogP contribution in [0.25, 0.3) is 5.95 Å². The summed E-state index contributed by atoms with van der Waals surface area (Å²) in [4.78, 5) is 32.4. The summed E-state index contributed by atoms with van der Waals surface area (Å²) in [6.45, 7) is 1.89. The molecular formula is C19H17N5O3. The van der Waals surface area contributed by atoms with Gasteiger partial charge in [-0.05, 0) is 30.7 Å². The highest BCUT2D eigenvalue weighted by Crippen LogP contribution is 2.39. The van der Waals surface area contributed by atoms with E-state index in [1.807, 2.05) is 19.1 Å². The monoisotopic (exact) mass is 363 g/mol. The topological polar surface area (TPSA) is 99.0 Å². The Morgan fingerprint density at radius 2 is 1.93 bits per heavy atom. The molecule has 1 amide bonds. The van der Waals surface area contributed by atoms with Crippen LogP contribution < -0.4 is 5.32 Å². The molecule has 0 saturated carbocycles. The Morgan fingerprint density at radius 3 is 2.59 bits per heavy atom. The zero-order valence-corrected chi connectivity index (χ0v) is 14.8. The van der Waals surface area contributed by atoms with E-state index >= 15 is 0 Å². The van der Waals surface area contributed by atoms with Crippen LogP contribution in [0.1, 0.15) is 39.5 Å². The molecule has 0 saturated heterocycles. The molecule has 1 aliphatic heterocycles. The van der Waals surface area contributed by atoms with Gasteiger partial charge in [0.1, 0.15) is 5.82 Å². The molecule has 27 heavy (non-hydrogen) atoms. The number of hydrogen-bond acceptors (Lipinski definition) is 6. The van der Waals surface area contributed by atoms with Crippen LogP contribution in [0.15, 0.2) is 42.7 Å². The Morgan fingerprint density at radius 1 is 1.22 bits per heavy atom. The summed E-state index contributed by atoms with van der Waals surface area (Å²) >= 11 is 0. The molecule has 3 aromatic rings. The highest BCUT2D eigenvalue weighted by Gasteiger charge is 2.33. The molecule has 0 fully saturated rings. The summed E-state index contributed by atoms with van der Waals surface area (Å²) in [5.41, 5.74) is 3.11. The lowest BCUT2D eigenvalue weighted by Crippen LogP contribution is -2.25. The predicted octanol–water partition coefficient (Wildman–Crippen LogP) is 2.23. The molecule has 1 atom stereocenters. The number of aryl methyl sites for hydroxylation is 1. The van der Waals surface area contributed by atoms with Crippen LogP contribution in [-0.2, 0) is 9.53 Å². The standard InChI is InChI=1S/C19H17N5O3/c1-11-16-14(12-4-6-13(7-5-12)18(26)27-2)10-15(25)22-17(16)24(23-11)19-20-8-3-9-21-19/h3-9,14H,10H2,1-2H3,(H,22,25). The van der Waals surface area contributed by atoms with Crippen molar-refractivity contribution < 1.29 is 14.3 Å². The molecule has 0 aliphatic carbocycles. The van der Waals surface area contributed by atoms with Crippen molar-refractivity contribution in [2.45, 2.75) is 19.3 Å². The largest absolute Gasteiger partial charge is 0.465 e. The molecule has 0 bridgehead atoms. The fraction of sp³-hybridized carbons (Fsp3) is 0.211. The van der Waals surface area contributed by atoms with E-state index in [0.29, 0.717) is 23.8 Å². The Labute approximate surface area is 155 Å². The third-order valence-corrected chi connectivity index (χ3v) is 4.58. The number of rotatable bonds is 3. The van der Waals surface area contributed by atoms with Crippen LogP contribution in [-0.4, -0.2) is 38.7 Å². The lowest BCUT2D eigenvalue weighted by molar-refractivity contribution is -0.116. The van der Waals surface area contributed by atoms with Crippen molar-refractivity contribution in [3.63, 3.8) is 0 Å². The van der Waals surface area contributed by atoms with E-state index in [4.69, 9.17) is 4.74 Å². The van der Waals surface area contributed by atoms with Gasteiger partial charge in [-0.1, -0.05) is 12.1 Å². The van der Waals surface area contributed by atoms with Crippen LogP contribution in [0.2, 0.25) is 0 Å². The highest BCUT2D eigenvalue weighted by atomic mass is 16.5. The summed E-state index contributed by atoms with van der Waals surface area (Å²) in [6, 6.07) is 8.81. The minimum Gasteiger partial charge on any atom is -0.465 e. The maximum Gasteiger partial charge on any atom is 0.337 e. The number of nitrogens with zero attached hydrogens (tertiary/aromatic N) is 4. The first kappa shape index (κ1) is 16.9. The normalized spacial score (nSPS) is 15.8. The number of fused-ring (bicyclic) bond motifs is 1. The van der Waals surface area contributed by atoms with Crippen molar-refractivity contribution in [1.82, 2.24) is 19.7 Å². The van der Waals surface area contributed by atoms with Crippen molar-refractivity contribution >= 4 is 17.7 Å². The summed E-state index contributed by atoms with van der Waals surface area (Å²) in [5.74, 6) is 0.300. The van der Waals surface area contributed by atoms with Gasteiger partial charge in [0, 0.05) is 30.3 Å². The van der Waals surface area contributed by atoms with E-state index in [1.165, 1.54) is 7.11 Å². The zero-order valence-electron chi connectivity index (χ0n) is 14.8. The molecule has 136 valence electrons. The molecule has 1 aliphatic rings. The average Bonchev–Trinajstić information content (AvgIpc) is 3.04. The molecule has 1 N–H and O–H groups in total. The summed E-state index contributed by atoms with van der Waals surface area (Å²) in [6.07, 6.45) is 3.55. The van der Waals surface area contributed by atoms with Gasteiger partial charge < -0.3 is 10.1 Å². The molecule has 1 aromatic carbocycles. The molecule has 8 heteroatoms. The van der Waals surface area contributed by atoms with Gasteiger partial charge in [-0.3, -0.25) is 4.79 Å². The maximum absolute atomic E-state index is 12.4. The third-order valence-electron chi connectivity index (χ3n) is 4.58. The van der Waals surface area contributed by atoms with Crippen molar-refractivity contribution in [2.24, 2.45) is 0 Å². The van der Waals surface area contributed by atoms with Crippen LogP contribution in [0.3, 0.4) is 0 Å². The minimum atomic E-state index is -0.395. The number of ether oxygens (including phenoxy) is 1. The first-order valence-corrected chi connectivity index (χ1v) is 8.43. The first-order valence-electron chi connectivity index (χ1n) is 8.43. The Kier molecular flexibility index (Phi) is 4.15.